The largest absolute Gasteiger partial charge is 0.388 e. The molecule has 0 bridgehead atoms. The van der Waals surface area contributed by atoms with Crippen LogP contribution in [-0.2, 0) is 0 Å². The van der Waals surface area contributed by atoms with Gasteiger partial charge in [0, 0.05) is 18.3 Å². The van der Waals surface area contributed by atoms with Crippen molar-refractivity contribution in [1.82, 2.24) is 5.32 Å². The van der Waals surface area contributed by atoms with Crippen molar-refractivity contribution in [2.45, 2.75) is 56.6 Å². The molecule has 3 heteroatoms. The molecular formula is C12H23NOS. The van der Waals surface area contributed by atoms with E-state index in [2.05, 4.69) is 5.32 Å². The lowest BCUT2D eigenvalue weighted by Gasteiger charge is -2.25. The summed E-state index contributed by atoms with van der Waals surface area (Å²) in [7, 11) is 0. The standard InChI is InChI=1S/C12H23NOS/c14-12(7-8-15-10-12)9-13-11-5-3-1-2-4-6-11/h11,13-14H,1-10H2. The van der Waals surface area contributed by atoms with E-state index < -0.39 is 5.60 Å². The molecule has 2 nitrogen and oxygen atoms in total. The predicted molar refractivity (Wildman–Crippen MR) is 66.4 cm³/mol. The molecule has 15 heavy (non-hydrogen) atoms. The number of hydrogen-bond acceptors (Lipinski definition) is 3. The molecule has 0 radical (unpaired) electrons. The first-order chi connectivity index (χ1) is 7.29. The van der Waals surface area contributed by atoms with Crippen LogP contribution in [0.5, 0.6) is 0 Å². The van der Waals surface area contributed by atoms with Gasteiger partial charge in [0.15, 0.2) is 0 Å². The van der Waals surface area contributed by atoms with Gasteiger partial charge in [-0.1, -0.05) is 25.7 Å². The Balaban J connectivity index is 1.71. The molecule has 0 aromatic rings. The van der Waals surface area contributed by atoms with Crippen LogP contribution in [0.3, 0.4) is 0 Å². The van der Waals surface area contributed by atoms with E-state index in [0.29, 0.717) is 6.04 Å². The Morgan fingerprint density at radius 2 is 1.93 bits per heavy atom. The highest BCUT2D eigenvalue weighted by molar-refractivity contribution is 7.99. The van der Waals surface area contributed by atoms with Gasteiger partial charge in [-0.15, -0.1) is 0 Å². The van der Waals surface area contributed by atoms with Gasteiger partial charge in [0.1, 0.15) is 0 Å². The first-order valence-corrected chi connectivity index (χ1v) is 7.48. The van der Waals surface area contributed by atoms with Gasteiger partial charge >= 0.3 is 0 Å². The van der Waals surface area contributed by atoms with Gasteiger partial charge in [-0.2, -0.15) is 11.8 Å². The van der Waals surface area contributed by atoms with Crippen molar-refractivity contribution in [2.75, 3.05) is 18.1 Å². The summed E-state index contributed by atoms with van der Waals surface area (Å²) in [5.74, 6) is 2.05. The molecule has 2 N–H and O–H groups in total. The summed E-state index contributed by atoms with van der Waals surface area (Å²) >= 11 is 1.88. The lowest BCUT2D eigenvalue weighted by Crippen LogP contribution is -2.44. The minimum absolute atomic E-state index is 0.406. The van der Waals surface area contributed by atoms with Crippen molar-refractivity contribution in [2.24, 2.45) is 0 Å². The van der Waals surface area contributed by atoms with E-state index in [9.17, 15) is 5.11 Å². The van der Waals surface area contributed by atoms with Gasteiger partial charge in [0.2, 0.25) is 0 Å². The lowest BCUT2D eigenvalue weighted by molar-refractivity contribution is 0.0639. The third kappa shape index (κ3) is 3.65. The molecule has 2 fully saturated rings. The maximum Gasteiger partial charge on any atom is 0.0869 e. The minimum atomic E-state index is -0.406. The fraction of sp³-hybridized carbons (Fsp3) is 1.00. The normalized spacial score (nSPS) is 34.2. The zero-order chi connectivity index (χ0) is 10.6. The maximum atomic E-state index is 10.2. The van der Waals surface area contributed by atoms with Crippen molar-refractivity contribution in [3.63, 3.8) is 0 Å². The molecule has 0 spiro atoms. The fourth-order valence-electron chi connectivity index (χ4n) is 2.55. The van der Waals surface area contributed by atoms with Crippen LogP contribution < -0.4 is 5.32 Å². The average Bonchev–Trinajstić information content (AvgIpc) is 2.53. The van der Waals surface area contributed by atoms with Gasteiger partial charge in [-0.3, -0.25) is 0 Å². The molecule has 1 saturated heterocycles. The van der Waals surface area contributed by atoms with Gasteiger partial charge < -0.3 is 10.4 Å². The SMILES string of the molecule is OC1(CNC2CCCCCC2)CCSC1. The first-order valence-electron chi connectivity index (χ1n) is 6.32. The van der Waals surface area contributed by atoms with Gasteiger partial charge in [-0.05, 0) is 25.0 Å². The number of aliphatic hydroxyl groups is 1. The van der Waals surface area contributed by atoms with E-state index in [1.54, 1.807) is 0 Å². The average molecular weight is 229 g/mol. The molecule has 1 aliphatic carbocycles. The van der Waals surface area contributed by atoms with Crippen molar-refractivity contribution in [3.05, 3.63) is 0 Å². The van der Waals surface area contributed by atoms with Crippen LogP contribution in [-0.4, -0.2) is 34.8 Å². The third-order valence-electron chi connectivity index (χ3n) is 3.66. The Morgan fingerprint density at radius 3 is 2.53 bits per heavy atom. The van der Waals surface area contributed by atoms with Crippen LogP contribution in [0.2, 0.25) is 0 Å². The van der Waals surface area contributed by atoms with Crippen molar-refractivity contribution < 1.29 is 5.11 Å². The van der Waals surface area contributed by atoms with Crippen LogP contribution in [0, 0.1) is 0 Å². The Bertz CT molecular complexity index is 184. The summed E-state index contributed by atoms with van der Waals surface area (Å²) in [6, 6.07) is 0.669. The van der Waals surface area contributed by atoms with E-state index in [1.165, 1.54) is 38.5 Å². The van der Waals surface area contributed by atoms with E-state index in [-0.39, 0.29) is 0 Å². The summed E-state index contributed by atoms with van der Waals surface area (Å²) < 4.78 is 0. The number of thioether (sulfide) groups is 1. The Morgan fingerprint density at radius 1 is 1.20 bits per heavy atom. The molecule has 2 rings (SSSR count). The molecule has 0 aromatic heterocycles. The van der Waals surface area contributed by atoms with Crippen molar-refractivity contribution in [3.8, 4) is 0 Å². The Kier molecular flexibility index (Phi) is 4.35. The molecule has 1 unspecified atom stereocenters. The van der Waals surface area contributed by atoms with Gasteiger partial charge in [0.25, 0.3) is 0 Å². The van der Waals surface area contributed by atoms with Gasteiger partial charge in [-0.25, -0.2) is 0 Å². The molecule has 0 amide bonds. The highest BCUT2D eigenvalue weighted by Crippen LogP contribution is 2.27. The second-order valence-corrected chi connectivity index (χ2v) is 6.20. The van der Waals surface area contributed by atoms with Crippen LogP contribution in [0.15, 0.2) is 0 Å². The zero-order valence-corrected chi connectivity index (χ0v) is 10.3. The minimum Gasteiger partial charge on any atom is -0.388 e. The second-order valence-electron chi connectivity index (χ2n) is 5.10. The van der Waals surface area contributed by atoms with E-state index in [1.807, 2.05) is 11.8 Å². The van der Waals surface area contributed by atoms with Crippen LogP contribution >= 0.6 is 11.8 Å². The number of hydrogen-bond donors (Lipinski definition) is 2. The smallest absolute Gasteiger partial charge is 0.0869 e. The second kappa shape index (κ2) is 5.55. The molecule has 1 atom stereocenters. The first kappa shape index (κ1) is 11.7. The summed E-state index contributed by atoms with van der Waals surface area (Å²) in [6.07, 6.45) is 9.12. The van der Waals surface area contributed by atoms with E-state index in [4.69, 9.17) is 0 Å². The Hall–Kier alpha value is 0.270. The van der Waals surface area contributed by atoms with Crippen molar-refractivity contribution >= 4 is 11.8 Å². The van der Waals surface area contributed by atoms with E-state index in [0.717, 1.165) is 24.5 Å². The molecular weight excluding hydrogens is 206 g/mol. The zero-order valence-electron chi connectivity index (χ0n) is 9.50. The molecule has 88 valence electrons. The van der Waals surface area contributed by atoms with Crippen LogP contribution in [0.4, 0.5) is 0 Å². The summed E-state index contributed by atoms with van der Waals surface area (Å²) in [5, 5.41) is 13.8. The summed E-state index contributed by atoms with van der Waals surface area (Å²) in [6.45, 7) is 0.810. The quantitative estimate of drug-likeness (QED) is 0.728. The van der Waals surface area contributed by atoms with Crippen LogP contribution in [0.1, 0.15) is 44.9 Å². The number of nitrogens with one attached hydrogen (secondary N) is 1. The number of rotatable bonds is 3. The highest BCUT2D eigenvalue weighted by Gasteiger charge is 2.31. The lowest BCUT2D eigenvalue weighted by atomic mass is 10.0. The predicted octanol–water partition coefficient (Wildman–Crippen LogP) is 2.17. The molecule has 2 aliphatic rings. The highest BCUT2D eigenvalue weighted by atomic mass is 32.2. The van der Waals surface area contributed by atoms with Gasteiger partial charge in [0.05, 0.1) is 5.60 Å². The topological polar surface area (TPSA) is 32.3 Å². The molecule has 1 saturated carbocycles. The molecule has 1 heterocycles. The Labute approximate surface area is 97.2 Å². The third-order valence-corrected chi connectivity index (χ3v) is 4.89. The summed E-state index contributed by atoms with van der Waals surface area (Å²) in [4.78, 5) is 0. The maximum absolute atomic E-state index is 10.2. The summed E-state index contributed by atoms with van der Waals surface area (Å²) in [5.41, 5.74) is -0.406. The van der Waals surface area contributed by atoms with Crippen LogP contribution in [0.25, 0.3) is 0 Å². The van der Waals surface area contributed by atoms with E-state index >= 15 is 0 Å². The fourth-order valence-corrected chi connectivity index (χ4v) is 3.85. The molecule has 1 aliphatic heterocycles. The molecule has 0 aromatic carbocycles. The van der Waals surface area contributed by atoms with Crippen molar-refractivity contribution in [1.29, 1.82) is 0 Å². The monoisotopic (exact) mass is 229 g/mol.